The number of hydrogen-bond donors (Lipinski definition) is 0. The standard InChI is InChI=1S/C16H15NO/c1-10-7-8-14-13(9-10)16-12(11(2)17-14)5-4-6-15(16)18-3/h4-9H,1-3H3. The van der Waals surface area contributed by atoms with Gasteiger partial charge in [-0.15, -0.1) is 0 Å². The second-order valence-corrected chi connectivity index (χ2v) is 4.60. The quantitative estimate of drug-likeness (QED) is 0.596. The Hall–Kier alpha value is -2.09. The molecule has 1 aromatic heterocycles. The molecule has 0 saturated carbocycles. The Labute approximate surface area is 106 Å². The third kappa shape index (κ3) is 1.53. The van der Waals surface area contributed by atoms with Crippen LogP contribution in [-0.4, -0.2) is 12.1 Å². The third-order valence-corrected chi connectivity index (χ3v) is 3.35. The maximum atomic E-state index is 5.50. The van der Waals surface area contributed by atoms with Crippen molar-refractivity contribution in [2.24, 2.45) is 0 Å². The SMILES string of the molecule is COc1cccc2c(C)nc3ccc(C)cc3c12. The second-order valence-electron chi connectivity index (χ2n) is 4.60. The average molecular weight is 237 g/mol. The first kappa shape index (κ1) is 11.0. The van der Waals surface area contributed by atoms with E-state index in [4.69, 9.17) is 4.74 Å². The number of aryl methyl sites for hydroxylation is 2. The Morgan fingerprint density at radius 2 is 1.83 bits per heavy atom. The molecule has 0 saturated heterocycles. The van der Waals surface area contributed by atoms with E-state index in [1.165, 1.54) is 5.56 Å². The molecule has 18 heavy (non-hydrogen) atoms. The summed E-state index contributed by atoms with van der Waals surface area (Å²) in [5.41, 5.74) is 3.30. The van der Waals surface area contributed by atoms with E-state index < -0.39 is 0 Å². The molecule has 1 heterocycles. The fourth-order valence-corrected chi connectivity index (χ4v) is 2.47. The van der Waals surface area contributed by atoms with E-state index in [0.29, 0.717) is 0 Å². The number of ether oxygens (including phenoxy) is 1. The van der Waals surface area contributed by atoms with Crippen LogP contribution >= 0.6 is 0 Å². The van der Waals surface area contributed by atoms with Crippen LogP contribution in [0.15, 0.2) is 36.4 Å². The first-order valence-corrected chi connectivity index (χ1v) is 6.04. The maximum absolute atomic E-state index is 5.50. The van der Waals surface area contributed by atoms with Crippen LogP contribution in [0.25, 0.3) is 21.7 Å². The molecule has 0 bridgehead atoms. The topological polar surface area (TPSA) is 22.1 Å². The summed E-state index contributed by atoms with van der Waals surface area (Å²) in [6.45, 7) is 4.14. The summed E-state index contributed by atoms with van der Waals surface area (Å²) >= 11 is 0. The van der Waals surface area contributed by atoms with Crippen LogP contribution in [0.5, 0.6) is 5.75 Å². The summed E-state index contributed by atoms with van der Waals surface area (Å²) in [4.78, 5) is 4.66. The zero-order chi connectivity index (χ0) is 12.7. The highest BCUT2D eigenvalue weighted by Crippen LogP contribution is 2.33. The van der Waals surface area contributed by atoms with Crippen LogP contribution in [-0.2, 0) is 0 Å². The van der Waals surface area contributed by atoms with E-state index in [-0.39, 0.29) is 0 Å². The number of methoxy groups -OCH3 is 1. The van der Waals surface area contributed by atoms with Gasteiger partial charge in [-0.1, -0.05) is 23.8 Å². The van der Waals surface area contributed by atoms with Gasteiger partial charge in [-0.05, 0) is 32.0 Å². The van der Waals surface area contributed by atoms with Crippen LogP contribution in [0.1, 0.15) is 11.3 Å². The van der Waals surface area contributed by atoms with Gasteiger partial charge in [-0.2, -0.15) is 0 Å². The molecule has 2 heteroatoms. The highest BCUT2D eigenvalue weighted by atomic mass is 16.5. The van der Waals surface area contributed by atoms with Crippen molar-refractivity contribution in [3.05, 3.63) is 47.7 Å². The molecule has 0 unspecified atom stereocenters. The Kier molecular flexibility index (Phi) is 2.44. The van der Waals surface area contributed by atoms with E-state index in [1.807, 2.05) is 19.1 Å². The lowest BCUT2D eigenvalue weighted by molar-refractivity contribution is 0.420. The third-order valence-electron chi connectivity index (χ3n) is 3.35. The van der Waals surface area contributed by atoms with E-state index in [9.17, 15) is 0 Å². The lowest BCUT2D eigenvalue weighted by Gasteiger charge is -2.11. The molecule has 3 rings (SSSR count). The van der Waals surface area contributed by atoms with Crippen LogP contribution in [0, 0.1) is 13.8 Å². The van der Waals surface area contributed by atoms with Gasteiger partial charge in [0.05, 0.1) is 12.6 Å². The molecule has 0 radical (unpaired) electrons. The molecular formula is C16H15NO. The van der Waals surface area contributed by atoms with Gasteiger partial charge in [0, 0.05) is 21.9 Å². The Balaban J connectivity index is 2.60. The molecule has 3 aromatic rings. The fraction of sp³-hybridized carbons (Fsp3) is 0.188. The highest BCUT2D eigenvalue weighted by Gasteiger charge is 2.09. The molecule has 0 spiro atoms. The molecule has 0 N–H and O–H groups in total. The van der Waals surface area contributed by atoms with Gasteiger partial charge in [0.1, 0.15) is 5.75 Å². The van der Waals surface area contributed by atoms with Crippen molar-refractivity contribution in [3.63, 3.8) is 0 Å². The number of nitrogens with zero attached hydrogens (tertiary/aromatic N) is 1. The van der Waals surface area contributed by atoms with Crippen molar-refractivity contribution in [2.75, 3.05) is 7.11 Å². The van der Waals surface area contributed by atoms with Crippen molar-refractivity contribution in [1.29, 1.82) is 0 Å². The largest absolute Gasteiger partial charge is 0.496 e. The summed E-state index contributed by atoms with van der Waals surface area (Å²) in [6, 6.07) is 12.5. The Morgan fingerprint density at radius 3 is 2.61 bits per heavy atom. The van der Waals surface area contributed by atoms with Crippen molar-refractivity contribution in [2.45, 2.75) is 13.8 Å². The van der Waals surface area contributed by atoms with Crippen LogP contribution in [0.4, 0.5) is 0 Å². The molecule has 0 atom stereocenters. The fourth-order valence-electron chi connectivity index (χ4n) is 2.47. The van der Waals surface area contributed by atoms with Crippen molar-refractivity contribution in [3.8, 4) is 5.75 Å². The molecule has 0 amide bonds. The number of rotatable bonds is 1. The van der Waals surface area contributed by atoms with Gasteiger partial charge in [0.25, 0.3) is 0 Å². The van der Waals surface area contributed by atoms with E-state index in [1.54, 1.807) is 7.11 Å². The number of hydrogen-bond acceptors (Lipinski definition) is 2. The first-order valence-electron chi connectivity index (χ1n) is 6.04. The molecule has 90 valence electrons. The average Bonchev–Trinajstić information content (AvgIpc) is 2.39. The summed E-state index contributed by atoms with van der Waals surface area (Å²) in [5, 5.41) is 3.48. The Bertz CT molecular complexity index is 747. The number of pyridine rings is 1. The van der Waals surface area contributed by atoms with Crippen molar-refractivity contribution >= 4 is 21.7 Å². The summed E-state index contributed by atoms with van der Waals surface area (Å²) in [5.74, 6) is 0.911. The molecule has 0 aliphatic heterocycles. The van der Waals surface area contributed by atoms with Crippen LogP contribution in [0.2, 0.25) is 0 Å². The smallest absolute Gasteiger partial charge is 0.127 e. The summed E-state index contributed by atoms with van der Waals surface area (Å²) in [7, 11) is 1.71. The second kappa shape index (κ2) is 3.98. The molecule has 0 aliphatic rings. The van der Waals surface area contributed by atoms with E-state index >= 15 is 0 Å². The highest BCUT2D eigenvalue weighted by molar-refractivity contribution is 6.10. The molecular weight excluding hydrogens is 222 g/mol. The number of fused-ring (bicyclic) bond motifs is 3. The van der Waals surface area contributed by atoms with Crippen LogP contribution < -0.4 is 4.74 Å². The predicted octanol–water partition coefficient (Wildman–Crippen LogP) is 4.01. The number of aromatic nitrogens is 1. The Morgan fingerprint density at radius 1 is 1.00 bits per heavy atom. The van der Waals surface area contributed by atoms with Crippen LogP contribution in [0.3, 0.4) is 0 Å². The zero-order valence-corrected chi connectivity index (χ0v) is 10.8. The molecule has 2 nitrogen and oxygen atoms in total. The minimum Gasteiger partial charge on any atom is -0.496 e. The zero-order valence-electron chi connectivity index (χ0n) is 10.8. The molecule has 0 aliphatic carbocycles. The van der Waals surface area contributed by atoms with Gasteiger partial charge < -0.3 is 4.74 Å². The van der Waals surface area contributed by atoms with Crippen molar-refractivity contribution < 1.29 is 4.74 Å². The van der Waals surface area contributed by atoms with Crippen molar-refractivity contribution in [1.82, 2.24) is 4.98 Å². The van der Waals surface area contributed by atoms with Gasteiger partial charge in [-0.3, -0.25) is 4.98 Å². The lowest BCUT2D eigenvalue weighted by Crippen LogP contribution is -1.92. The van der Waals surface area contributed by atoms with Gasteiger partial charge in [-0.25, -0.2) is 0 Å². The van der Waals surface area contributed by atoms with E-state index in [2.05, 4.69) is 36.2 Å². The predicted molar refractivity (Wildman–Crippen MR) is 75.3 cm³/mol. The summed E-state index contributed by atoms with van der Waals surface area (Å²) < 4.78 is 5.50. The molecule has 2 aromatic carbocycles. The lowest BCUT2D eigenvalue weighted by atomic mass is 10.0. The number of benzene rings is 2. The summed E-state index contributed by atoms with van der Waals surface area (Å²) in [6.07, 6.45) is 0. The molecule has 0 fully saturated rings. The monoisotopic (exact) mass is 237 g/mol. The normalized spacial score (nSPS) is 11.1. The maximum Gasteiger partial charge on any atom is 0.127 e. The van der Waals surface area contributed by atoms with E-state index in [0.717, 1.165) is 33.1 Å². The van der Waals surface area contributed by atoms with Gasteiger partial charge >= 0.3 is 0 Å². The van der Waals surface area contributed by atoms with Gasteiger partial charge in [0.2, 0.25) is 0 Å². The minimum absolute atomic E-state index is 0.911. The first-order chi connectivity index (χ1) is 8.70. The minimum atomic E-state index is 0.911. The van der Waals surface area contributed by atoms with Gasteiger partial charge in [0.15, 0.2) is 0 Å².